The Bertz CT molecular complexity index is 411. The molecule has 1 aliphatic heterocycles. The summed E-state index contributed by atoms with van der Waals surface area (Å²) < 4.78 is 5.34. The van der Waals surface area contributed by atoms with Crippen molar-refractivity contribution in [2.24, 2.45) is 5.73 Å². The number of piperidine rings is 1. The lowest BCUT2D eigenvalue weighted by Gasteiger charge is -2.37. The predicted octanol–water partition coefficient (Wildman–Crippen LogP) is 2.88. The van der Waals surface area contributed by atoms with Crippen LogP contribution in [0.25, 0.3) is 0 Å². The van der Waals surface area contributed by atoms with E-state index < -0.39 is 0 Å². The van der Waals surface area contributed by atoms with Crippen LogP contribution in [-0.2, 0) is 0 Å². The van der Waals surface area contributed by atoms with Gasteiger partial charge in [0.25, 0.3) is 0 Å². The summed E-state index contributed by atoms with van der Waals surface area (Å²) in [6.07, 6.45) is 3.93. The Hall–Kier alpha value is -1.06. The van der Waals surface area contributed by atoms with Crippen molar-refractivity contribution in [2.75, 3.05) is 20.2 Å². The highest BCUT2D eigenvalue weighted by Gasteiger charge is 2.25. The molecule has 1 aliphatic rings. The Morgan fingerprint density at radius 1 is 1.21 bits per heavy atom. The van der Waals surface area contributed by atoms with Gasteiger partial charge in [-0.25, -0.2) is 0 Å². The van der Waals surface area contributed by atoms with Crippen molar-refractivity contribution in [1.82, 2.24) is 4.90 Å². The first-order valence-electron chi connectivity index (χ1n) is 7.27. The topological polar surface area (TPSA) is 38.5 Å². The lowest BCUT2D eigenvalue weighted by atomic mass is 9.95. The van der Waals surface area contributed by atoms with Gasteiger partial charge in [-0.15, -0.1) is 0 Å². The first kappa shape index (κ1) is 14.4. The van der Waals surface area contributed by atoms with Crippen LogP contribution in [0.5, 0.6) is 5.75 Å². The maximum Gasteiger partial charge on any atom is 0.121 e. The molecule has 2 unspecified atom stereocenters. The van der Waals surface area contributed by atoms with Crippen molar-refractivity contribution in [1.29, 1.82) is 0 Å². The summed E-state index contributed by atoms with van der Waals surface area (Å²) in [7, 11) is 1.72. The minimum atomic E-state index is 0.144. The second kappa shape index (κ2) is 6.40. The molecule has 1 saturated heterocycles. The van der Waals surface area contributed by atoms with Crippen LogP contribution < -0.4 is 10.5 Å². The number of benzene rings is 1. The third kappa shape index (κ3) is 3.28. The highest BCUT2D eigenvalue weighted by Crippen LogP contribution is 2.30. The van der Waals surface area contributed by atoms with E-state index >= 15 is 0 Å². The van der Waals surface area contributed by atoms with Gasteiger partial charge in [0.1, 0.15) is 5.75 Å². The molecule has 0 aliphatic carbocycles. The molecule has 19 heavy (non-hydrogen) atoms. The monoisotopic (exact) mass is 262 g/mol. The zero-order valence-electron chi connectivity index (χ0n) is 12.4. The largest absolute Gasteiger partial charge is 0.496 e. The highest BCUT2D eigenvalue weighted by molar-refractivity contribution is 5.37. The fourth-order valence-electron chi connectivity index (χ4n) is 3.13. The van der Waals surface area contributed by atoms with Crippen LogP contribution in [0.3, 0.4) is 0 Å². The van der Waals surface area contributed by atoms with Crippen molar-refractivity contribution in [3.05, 3.63) is 29.3 Å². The van der Waals surface area contributed by atoms with Gasteiger partial charge in [0.2, 0.25) is 0 Å². The SMILES string of the molecule is COc1ccc(C(C(C)N)N2CCCCC2)cc1C. The molecule has 106 valence electrons. The molecule has 0 bridgehead atoms. The molecule has 2 atom stereocenters. The van der Waals surface area contributed by atoms with Crippen LogP contribution in [0.1, 0.15) is 43.4 Å². The van der Waals surface area contributed by atoms with Gasteiger partial charge < -0.3 is 10.5 Å². The summed E-state index contributed by atoms with van der Waals surface area (Å²) in [6, 6.07) is 6.91. The average Bonchev–Trinajstić information content (AvgIpc) is 2.40. The second-order valence-corrected chi connectivity index (χ2v) is 5.63. The minimum absolute atomic E-state index is 0.144. The Morgan fingerprint density at radius 2 is 1.89 bits per heavy atom. The highest BCUT2D eigenvalue weighted by atomic mass is 16.5. The van der Waals surface area contributed by atoms with Gasteiger partial charge in [0.15, 0.2) is 0 Å². The Morgan fingerprint density at radius 3 is 2.42 bits per heavy atom. The molecule has 0 amide bonds. The normalized spacial score (nSPS) is 20.0. The number of ether oxygens (including phenoxy) is 1. The first-order valence-corrected chi connectivity index (χ1v) is 7.27. The molecule has 1 aromatic carbocycles. The first-order chi connectivity index (χ1) is 9.13. The molecular formula is C16H26N2O. The van der Waals surface area contributed by atoms with E-state index in [0.717, 1.165) is 18.8 Å². The van der Waals surface area contributed by atoms with Crippen molar-refractivity contribution < 1.29 is 4.74 Å². The molecule has 1 fully saturated rings. The fraction of sp³-hybridized carbons (Fsp3) is 0.625. The van der Waals surface area contributed by atoms with Crippen LogP contribution in [0.2, 0.25) is 0 Å². The van der Waals surface area contributed by atoms with Gasteiger partial charge in [-0.2, -0.15) is 0 Å². The van der Waals surface area contributed by atoms with Crippen LogP contribution in [0, 0.1) is 6.92 Å². The van der Waals surface area contributed by atoms with Crippen molar-refractivity contribution in [3.63, 3.8) is 0 Å². The summed E-state index contributed by atoms with van der Waals surface area (Å²) in [5.74, 6) is 0.950. The van der Waals surface area contributed by atoms with Gasteiger partial charge >= 0.3 is 0 Å². The van der Waals surface area contributed by atoms with Crippen LogP contribution >= 0.6 is 0 Å². The summed E-state index contributed by atoms with van der Waals surface area (Å²) >= 11 is 0. The number of hydrogen-bond donors (Lipinski definition) is 1. The maximum atomic E-state index is 6.25. The zero-order valence-corrected chi connectivity index (χ0v) is 12.4. The van der Waals surface area contributed by atoms with E-state index in [4.69, 9.17) is 10.5 Å². The number of rotatable bonds is 4. The second-order valence-electron chi connectivity index (χ2n) is 5.63. The number of hydrogen-bond acceptors (Lipinski definition) is 3. The number of aryl methyl sites for hydroxylation is 1. The summed E-state index contributed by atoms with van der Waals surface area (Å²) in [6.45, 7) is 6.53. The summed E-state index contributed by atoms with van der Waals surface area (Å²) in [5.41, 5.74) is 8.75. The Kier molecular flexibility index (Phi) is 4.83. The van der Waals surface area contributed by atoms with E-state index in [-0.39, 0.29) is 6.04 Å². The standard InChI is InChI=1S/C16H26N2O/c1-12-11-14(7-8-15(12)19-3)16(13(2)17)18-9-5-4-6-10-18/h7-8,11,13,16H,4-6,9-10,17H2,1-3H3. The molecule has 3 heteroatoms. The van der Waals surface area contributed by atoms with Crippen molar-refractivity contribution in [2.45, 2.75) is 45.2 Å². The van der Waals surface area contributed by atoms with E-state index in [2.05, 4.69) is 36.9 Å². The summed E-state index contributed by atoms with van der Waals surface area (Å²) in [5, 5.41) is 0. The van der Waals surface area contributed by atoms with Crippen LogP contribution in [0.4, 0.5) is 0 Å². The number of likely N-dealkylation sites (tertiary alicyclic amines) is 1. The molecule has 0 radical (unpaired) electrons. The molecule has 2 N–H and O–H groups in total. The number of nitrogens with zero attached hydrogens (tertiary/aromatic N) is 1. The summed E-state index contributed by atoms with van der Waals surface area (Å²) in [4.78, 5) is 2.54. The molecule has 1 aromatic rings. The quantitative estimate of drug-likeness (QED) is 0.906. The third-order valence-electron chi connectivity index (χ3n) is 4.04. The average molecular weight is 262 g/mol. The van der Waals surface area contributed by atoms with E-state index in [1.54, 1.807) is 7.11 Å². The Balaban J connectivity index is 2.25. The van der Waals surface area contributed by atoms with Gasteiger partial charge in [-0.1, -0.05) is 18.6 Å². The Labute approximate surface area is 116 Å². The molecular weight excluding hydrogens is 236 g/mol. The van der Waals surface area contributed by atoms with Crippen molar-refractivity contribution in [3.8, 4) is 5.75 Å². The smallest absolute Gasteiger partial charge is 0.121 e. The number of nitrogens with two attached hydrogens (primary N) is 1. The molecule has 0 saturated carbocycles. The zero-order chi connectivity index (χ0) is 13.8. The van der Waals surface area contributed by atoms with Gasteiger partial charge in [0, 0.05) is 12.1 Å². The van der Waals surface area contributed by atoms with E-state index in [9.17, 15) is 0 Å². The van der Waals surface area contributed by atoms with Crippen LogP contribution in [0.15, 0.2) is 18.2 Å². The van der Waals surface area contributed by atoms with Crippen LogP contribution in [-0.4, -0.2) is 31.1 Å². The number of methoxy groups -OCH3 is 1. The fourth-order valence-corrected chi connectivity index (χ4v) is 3.13. The molecule has 3 nitrogen and oxygen atoms in total. The van der Waals surface area contributed by atoms with Gasteiger partial charge in [-0.05, 0) is 57.0 Å². The lowest BCUT2D eigenvalue weighted by Crippen LogP contribution is -2.42. The molecule has 0 aromatic heterocycles. The molecule has 2 rings (SSSR count). The third-order valence-corrected chi connectivity index (χ3v) is 4.04. The van der Waals surface area contributed by atoms with Gasteiger partial charge in [-0.3, -0.25) is 4.90 Å². The lowest BCUT2D eigenvalue weighted by molar-refractivity contribution is 0.146. The van der Waals surface area contributed by atoms with E-state index in [1.807, 2.05) is 0 Å². The van der Waals surface area contributed by atoms with E-state index in [0.29, 0.717) is 6.04 Å². The molecule has 1 heterocycles. The van der Waals surface area contributed by atoms with E-state index in [1.165, 1.54) is 30.4 Å². The molecule has 0 spiro atoms. The minimum Gasteiger partial charge on any atom is -0.496 e. The maximum absolute atomic E-state index is 6.25. The van der Waals surface area contributed by atoms with Crippen molar-refractivity contribution >= 4 is 0 Å². The van der Waals surface area contributed by atoms with Gasteiger partial charge in [0.05, 0.1) is 7.11 Å². The predicted molar refractivity (Wildman–Crippen MR) is 79.5 cm³/mol.